The first kappa shape index (κ1) is 7.84. The van der Waals surface area contributed by atoms with E-state index in [4.69, 9.17) is 10.9 Å². The van der Waals surface area contributed by atoms with Gasteiger partial charge in [0.1, 0.15) is 0 Å². The van der Waals surface area contributed by atoms with Crippen LogP contribution in [0.25, 0.3) is 0 Å². The quantitative estimate of drug-likeness (QED) is 0.470. The van der Waals surface area contributed by atoms with Crippen molar-refractivity contribution in [3.63, 3.8) is 0 Å². The summed E-state index contributed by atoms with van der Waals surface area (Å²) in [6, 6.07) is 4.59. The zero-order valence-electron chi connectivity index (χ0n) is 6.11. The summed E-state index contributed by atoms with van der Waals surface area (Å²) >= 11 is 0. The van der Waals surface area contributed by atoms with E-state index in [2.05, 4.69) is 0 Å². The third kappa shape index (κ3) is 1.60. The van der Waals surface area contributed by atoms with Crippen molar-refractivity contribution in [1.82, 2.24) is 0 Å². The standard InChI is InChI=1S/C7H9N2O2/c1-5-2-3-6(9(10)11)4-7(5)8/h2-4,10H,8H2,1H3/q-1. The summed E-state index contributed by atoms with van der Waals surface area (Å²) in [6.07, 6.45) is 0. The minimum atomic E-state index is -0.212. The average Bonchev–Trinajstić information content (AvgIpc) is 1.94. The lowest BCUT2D eigenvalue weighted by atomic mass is 10.2. The number of hydrogen-bond donors (Lipinski definition) is 2. The Morgan fingerprint density at radius 3 is 2.64 bits per heavy atom. The molecule has 1 aromatic rings. The summed E-state index contributed by atoms with van der Waals surface area (Å²) in [5.74, 6) is 0. The largest absolute Gasteiger partial charge is 0.733 e. The molecule has 1 aromatic carbocycles. The number of benzene rings is 1. The van der Waals surface area contributed by atoms with Crippen LogP contribution in [0.3, 0.4) is 0 Å². The first-order valence-electron chi connectivity index (χ1n) is 3.13. The summed E-state index contributed by atoms with van der Waals surface area (Å²) < 4.78 is 0. The number of nitrogens with two attached hydrogens (primary N) is 1. The van der Waals surface area contributed by atoms with Crippen LogP contribution in [0.2, 0.25) is 0 Å². The minimum absolute atomic E-state index is 0.146. The first-order chi connectivity index (χ1) is 5.11. The second kappa shape index (κ2) is 2.77. The zero-order valence-corrected chi connectivity index (χ0v) is 6.11. The van der Waals surface area contributed by atoms with Gasteiger partial charge in [0, 0.05) is 5.69 Å². The number of nitrogen functional groups attached to an aromatic ring is 1. The van der Waals surface area contributed by atoms with E-state index < -0.39 is 0 Å². The normalized spacial score (nSPS) is 9.73. The summed E-state index contributed by atoms with van der Waals surface area (Å²) in [6.45, 7) is 1.83. The van der Waals surface area contributed by atoms with Crippen molar-refractivity contribution in [3.8, 4) is 0 Å². The fourth-order valence-corrected chi connectivity index (χ4v) is 0.747. The summed E-state index contributed by atoms with van der Waals surface area (Å²) in [5, 5.41) is 18.6. The monoisotopic (exact) mass is 153 g/mol. The molecule has 0 heterocycles. The Balaban J connectivity index is 3.05. The molecular formula is C7H9N2O2-. The van der Waals surface area contributed by atoms with E-state index in [-0.39, 0.29) is 10.9 Å². The van der Waals surface area contributed by atoms with Crippen molar-refractivity contribution in [1.29, 1.82) is 0 Å². The van der Waals surface area contributed by atoms with Crippen molar-refractivity contribution in [2.75, 3.05) is 11.0 Å². The molecule has 3 N–H and O–H groups in total. The average molecular weight is 153 g/mol. The van der Waals surface area contributed by atoms with Gasteiger partial charge in [0.2, 0.25) is 0 Å². The first-order valence-corrected chi connectivity index (χ1v) is 3.13. The van der Waals surface area contributed by atoms with Crippen LogP contribution in [0.1, 0.15) is 5.56 Å². The molecule has 11 heavy (non-hydrogen) atoms. The van der Waals surface area contributed by atoms with E-state index >= 15 is 0 Å². The molecule has 0 aliphatic rings. The molecule has 0 fully saturated rings. The maximum atomic E-state index is 10.3. The molecule has 0 amide bonds. The van der Waals surface area contributed by atoms with Crippen LogP contribution < -0.4 is 11.0 Å². The van der Waals surface area contributed by atoms with Gasteiger partial charge in [-0.1, -0.05) is 6.07 Å². The molecule has 0 aliphatic heterocycles. The van der Waals surface area contributed by atoms with Crippen molar-refractivity contribution in [3.05, 3.63) is 29.0 Å². The van der Waals surface area contributed by atoms with E-state index in [0.717, 1.165) is 5.56 Å². The van der Waals surface area contributed by atoms with Crippen LogP contribution in [0.4, 0.5) is 11.4 Å². The number of aryl methyl sites for hydroxylation is 1. The van der Waals surface area contributed by atoms with Crippen molar-refractivity contribution in [2.45, 2.75) is 6.92 Å². The van der Waals surface area contributed by atoms with Gasteiger partial charge in [-0.05, 0) is 24.6 Å². The fraction of sp³-hybridized carbons (Fsp3) is 0.143. The molecule has 4 heteroatoms. The Bertz CT molecular complexity index is 261. The van der Waals surface area contributed by atoms with Gasteiger partial charge in [-0.2, -0.15) is 0 Å². The van der Waals surface area contributed by atoms with Crippen molar-refractivity contribution < 1.29 is 5.21 Å². The Morgan fingerprint density at radius 1 is 1.55 bits per heavy atom. The molecule has 0 bridgehead atoms. The predicted octanol–water partition coefficient (Wildman–Crippen LogP) is 1.27. The number of anilines is 2. The number of hydrogen-bond acceptors (Lipinski definition) is 4. The Hall–Kier alpha value is -1.26. The highest BCUT2D eigenvalue weighted by molar-refractivity contribution is 5.58. The maximum absolute atomic E-state index is 10.3. The van der Waals surface area contributed by atoms with Gasteiger partial charge < -0.3 is 16.2 Å². The minimum Gasteiger partial charge on any atom is -0.733 e. The molecule has 1 rings (SSSR count). The summed E-state index contributed by atoms with van der Waals surface area (Å²) in [7, 11) is 0. The van der Waals surface area contributed by atoms with Crippen molar-refractivity contribution >= 4 is 11.4 Å². The number of rotatable bonds is 1. The van der Waals surface area contributed by atoms with E-state index in [9.17, 15) is 5.21 Å². The SMILES string of the molecule is Cc1ccc(N([O-])O)cc1N. The molecule has 0 atom stereocenters. The van der Waals surface area contributed by atoms with Gasteiger partial charge in [-0.25, -0.2) is 0 Å². The van der Waals surface area contributed by atoms with Gasteiger partial charge in [-0.15, -0.1) is 0 Å². The van der Waals surface area contributed by atoms with Gasteiger partial charge in [-0.3, -0.25) is 5.21 Å². The van der Waals surface area contributed by atoms with Gasteiger partial charge in [0.25, 0.3) is 0 Å². The topological polar surface area (TPSA) is 72.5 Å². The Labute approximate surface area is 64.4 Å². The molecule has 0 unspecified atom stereocenters. The molecular weight excluding hydrogens is 144 g/mol. The lowest BCUT2D eigenvalue weighted by Gasteiger charge is -2.21. The van der Waals surface area contributed by atoms with Crippen LogP contribution in [0, 0.1) is 12.1 Å². The van der Waals surface area contributed by atoms with Crippen LogP contribution in [0.15, 0.2) is 18.2 Å². The van der Waals surface area contributed by atoms with Crippen LogP contribution in [-0.2, 0) is 0 Å². The zero-order chi connectivity index (χ0) is 8.43. The van der Waals surface area contributed by atoms with E-state index in [1.165, 1.54) is 12.1 Å². The van der Waals surface area contributed by atoms with E-state index in [0.29, 0.717) is 5.69 Å². The van der Waals surface area contributed by atoms with Crippen LogP contribution in [0.5, 0.6) is 0 Å². The number of nitrogens with zero attached hydrogens (tertiary/aromatic N) is 1. The summed E-state index contributed by atoms with van der Waals surface area (Å²) in [5.41, 5.74) is 7.01. The summed E-state index contributed by atoms with van der Waals surface area (Å²) in [4.78, 5) is 0. The Morgan fingerprint density at radius 2 is 2.18 bits per heavy atom. The van der Waals surface area contributed by atoms with Crippen LogP contribution in [-0.4, -0.2) is 5.21 Å². The maximum Gasteiger partial charge on any atom is 0.0529 e. The molecule has 0 saturated carbocycles. The lowest BCUT2D eigenvalue weighted by Crippen LogP contribution is -2.07. The van der Waals surface area contributed by atoms with Gasteiger partial charge in [0.15, 0.2) is 0 Å². The molecule has 0 spiro atoms. The van der Waals surface area contributed by atoms with E-state index in [1.54, 1.807) is 6.07 Å². The lowest BCUT2D eigenvalue weighted by molar-refractivity contribution is 0.296. The predicted molar refractivity (Wildman–Crippen MR) is 43.2 cm³/mol. The second-order valence-electron chi connectivity index (χ2n) is 2.31. The third-order valence-electron chi connectivity index (χ3n) is 1.48. The molecule has 0 aromatic heterocycles. The third-order valence-corrected chi connectivity index (χ3v) is 1.48. The molecule has 0 radical (unpaired) electrons. The highest BCUT2D eigenvalue weighted by Crippen LogP contribution is 2.18. The van der Waals surface area contributed by atoms with Gasteiger partial charge >= 0.3 is 0 Å². The van der Waals surface area contributed by atoms with E-state index in [1.807, 2.05) is 6.92 Å². The molecule has 60 valence electrons. The Kier molecular flexibility index (Phi) is 1.98. The smallest absolute Gasteiger partial charge is 0.0529 e. The highest BCUT2D eigenvalue weighted by Gasteiger charge is 1.95. The molecule has 4 nitrogen and oxygen atoms in total. The second-order valence-corrected chi connectivity index (χ2v) is 2.31. The van der Waals surface area contributed by atoms with Crippen molar-refractivity contribution in [2.24, 2.45) is 0 Å². The highest BCUT2D eigenvalue weighted by atomic mass is 16.8. The molecule has 0 aliphatic carbocycles. The van der Waals surface area contributed by atoms with Crippen LogP contribution >= 0.6 is 0 Å². The fourth-order valence-electron chi connectivity index (χ4n) is 0.747. The molecule has 0 saturated heterocycles. The van der Waals surface area contributed by atoms with Gasteiger partial charge in [0.05, 0.1) is 5.69 Å².